The van der Waals surface area contributed by atoms with E-state index < -0.39 is 0 Å². The predicted octanol–water partition coefficient (Wildman–Crippen LogP) is 3.66. The summed E-state index contributed by atoms with van der Waals surface area (Å²) in [7, 11) is 0. The highest BCUT2D eigenvalue weighted by molar-refractivity contribution is 6.04. The quantitative estimate of drug-likeness (QED) is 0.748. The van der Waals surface area contributed by atoms with Gasteiger partial charge in [-0.1, -0.05) is 43.0 Å². The number of hydrogen-bond donors (Lipinski definition) is 1. The Morgan fingerprint density at radius 1 is 1.21 bits per heavy atom. The molecule has 0 fully saturated rings. The van der Waals surface area contributed by atoms with Crippen molar-refractivity contribution < 1.29 is 14.3 Å². The van der Waals surface area contributed by atoms with Gasteiger partial charge in [0.25, 0.3) is 5.91 Å². The summed E-state index contributed by atoms with van der Waals surface area (Å²) in [6, 6.07) is 15.4. The van der Waals surface area contributed by atoms with E-state index in [1.165, 1.54) is 6.08 Å². The summed E-state index contributed by atoms with van der Waals surface area (Å²) in [6.07, 6.45) is 2.71. The van der Waals surface area contributed by atoms with Crippen LogP contribution in [-0.4, -0.2) is 31.5 Å². The standard InChI is InChI=1S/C23H26N2O3/c1-3-22(26)25-15-9-13-18-19(12-8-14-20(18)25)23(27)24-16-21(28-4-2)17-10-6-5-7-11-17/h3,5-8,10-12,14,21H,1,4,9,13,15-16H2,2H3,(H,24,27). The summed E-state index contributed by atoms with van der Waals surface area (Å²) < 4.78 is 5.81. The van der Waals surface area contributed by atoms with Crippen LogP contribution in [0, 0.1) is 0 Å². The molecule has 0 spiro atoms. The van der Waals surface area contributed by atoms with Gasteiger partial charge in [0.1, 0.15) is 0 Å². The Kier molecular flexibility index (Phi) is 6.61. The molecule has 1 aliphatic rings. The van der Waals surface area contributed by atoms with Crippen molar-refractivity contribution in [2.24, 2.45) is 0 Å². The number of rotatable bonds is 7. The smallest absolute Gasteiger partial charge is 0.251 e. The molecular formula is C23H26N2O3. The maximum absolute atomic E-state index is 12.9. The van der Waals surface area contributed by atoms with Crippen molar-refractivity contribution >= 4 is 17.5 Å². The van der Waals surface area contributed by atoms with Crippen LogP contribution < -0.4 is 10.2 Å². The van der Waals surface area contributed by atoms with E-state index in [4.69, 9.17) is 4.74 Å². The second-order valence-electron chi connectivity index (χ2n) is 6.67. The van der Waals surface area contributed by atoms with Gasteiger partial charge in [-0.25, -0.2) is 0 Å². The highest BCUT2D eigenvalue weighted by atomic mass is 16.5. The normalized spacial score (nSPS) is 14.1. The molecule has 28 heavy (non-hydrogen) atoms. The van der Waals surface area contributed by atoms with Crippen molar-refractivity contribution in [1.29, 1.82) is 0 Å². The number of fused-ring (bicyclic) bond motifs is 1. The number of nitrogens with one attached hydrogen (secondary N) is 1. The van der Waals surface area contributed by atoms with Crippen molar-refractivity contribution in [1.82, 2.24) is 5.32 Å². The molecule has 0 saturated heterocycles. The van der Waals surface area contributed by atoms with E-state index in [0.29, 0.717) is 25.3 Å². The molecule has 2 aromatic rings. The Morgan fingerprint density at radius 3 is 2.71 bits per heavy atom. The molecular weight excluding hydrogens is 352 g/mol. The summed E-state index contributed by atoms with van der Waals surface area (Å²) in [4.78, 5) is 26.7. The average Bonchev–Trinajstić information content (AvgIpc) is 2.75. The Labute approximate surface area is 166 Å². The Hall–Kier alpha value is -2.92. The zero-order chi connectivity index (χ0) is 19.9. The summed E-state index contributed by atoms with van der Waals surface area (Å²) in [5, 5.41) is 3.00. The van der Waals surface area contributed by atoms with Crippen LogP contribution in [-0.2, 0) is 16.0 Å². The Bertz CT molecular complexity index is 848. The number of ether oxygens (including phenoxy) is 1. The predicted molar refractivity (Wildman–Crippen MR) is 110 cm³/mol. The SMILES string of the molecule is C=CC(=O)N1CCCc2c(C(=O)NCC(OCC)c3ccccc3)cccc21. The molecule has 1 atom stereocenters. The van der Waals surface area contributed by atoms with Crippen LogP contribution in [0.3, 0.4) is 0 Å². The van der Waals surface area contributed by atoms with Gasteiger partial charge in [0.05, 0.1) is 6.10 Å². The van der Waals surface area contributed by atoms with Crippen LogP contribution in [0.5, 0.6) is 0 Å². The summed E-state index contributed by atoms with van der Waals surface area (Å²) in [5.74, 6) is -0.288. The molecule has 5 nitrogen and oxygen atoms in total. The lowest BCUT2D eigenvalue weighted by Gasteiger charge is -2.30. The van der Waals surface area contributed by atoms with Crippen LogP contribution in [0.25, 0.3) is 0 Å². The molecule has 1 heterocycles. The van der Waals surface area contributed by atoms with E-state index in [-0.39, 0.29) is 17.9 Å². The van der Waals surface area contributed by atoms with Gasteiger partial charge in [0.15, 0.2) is 0 Å². The van der Waals surface area contributed by atoms with Crippen LogP contribution in [0.4, 0.5) is 5.69 Å². The Morgan fingerprint density at radius 2 is 2.00 bits per heavy atom. The van der Waals surface area contributed by atoms with Gasteiger partial charge in [-0.15, -0.1) is 0 Å². The maximum atomic E-state index is 12.9. The monoisotopic (exact) mass is 378 g/mol. The zero-order valence-corrected chi connectivity index (χ0v) is 16.2. The van der Waals surface area contributed by atoms with Gasteiger partial charge in [-0.2, -0.15) is 0 Å². The number of anilines is 1. The molecule has 1 N–H and O–H groups in total. The summed E-state index contributed by atoms with van der Waals surface area (Å²) in [5.41, 5.74) is 3.35. The highest BCUT2D eigenvalue weighted by Crippen LogP contribution is 2.30. The average molecular weight is 378 g/mol. The molecule has 146 valence electrons. The molecule has 0 bridgehead atoms. The summed E-state index contributed by atoms with van der Waals surface area (Å²) >= 11 is 0. The van der Waals surface area contributed by atoms with Gasteiger partial charge < -0.3 is 15.0 Å². The molecule has 1 unspecified atom stereocenters. The fourth-order valence-electron chi connectivity index (χ4n) is 3.60. The molecule has 5 heteroatoms. The first-order valence-corrected chi connectivity index (χ1v) is 9.66. The molecule has 0 saturated carbocycles. The molecule has 0 radical (unpaired) electrons. The number of benzene rings is 2. The van der Waals surface area contributed by atoms with Gasteiger partial charge >= 0.3 is 0 Å². The third kappa shape index (κ3) is 4.31. The van der Waals surface area contributed by atoms with Crippen LogP contribution >= 0.6 is 0 Å². The fourth-order valence-corrected chi connectivity index (χ4v) is 3.60. The lowest BCUT2D eigenvalue weighted by Crippen LogP contribution is -2.36. The maximum Gasteiger partial charge on any atom is 0.251 e. The minimum Gasteiger partial charge on any atom is -0.372 e. The molecule has 2 aromatic carbocycles. The third-order valence-electron chi connectivity index (χ3n) is 4.92. The minimum absolute atomic E-state index is 0.140. The Balaban J connectivity index is 1.78. The van der Waals surface area contributed by atoms with Gasteiger partial charge in [0.2, 0.25) is 5.91 Å². The van der Waals surface area contributed by atoms with E-state index in [1.807, 2.05) is 55.5 Å². The third-order valence-corrected chi connectivity index (χ3v) is 4.92. The number of amides is 2. The van der Waals surface area contributed by atoms with E-state index in [1.54, 1.807) is 4.90 Å². The van der Waals surface area contributed by atoms with E-state index in [9.17, 15) is 9.59 Å². The van der Waals surface area contributed by atoms with Gasteiger partial charge in [-0.3, -0.25) is 9.59 Å². The fraction of sp³-hybridized carbons (Fsp3) is 0.304. The minimum atomic E-state index is -0.200. The highest BCUT2D eigenvalue weighted by Gasteiger charge is 2.25. The number of hydrogen-bond acceptors (Lipinski definition) is 3. The zero-order valence-electron chi connectivity index (χ0n) is 16.2. The molecule has 0 aliphatic carbocycles. The lowest BCUT2D eigenvalue weighted by atomic mass is 9.95. The van der Waals surface area contributed by atoms with E-state index >= 15 is 0 Å². The van der Waals surface area contributed by atoms with E-state index in [2.05, 4.69) is 11.9 Å². The lowest BCUT2D eigenvalue weighted by molar-refractivity contribution is -0.114. The topological polar surface area (TPSA) is 58.6 Å². The van der Waals surface area contributed by atoms with Crippen molar-refractivity contribution in [2.45, 2.75) is 25.9 Å². The first-order chi connectivity index (χ1) is 13.7. The molecule has 3 rings (SSSR count). The van der Waals surface area contributed by atoms with Crippen molar-refractivity contribution in [2.75, 3.05) is 24.6 Å². The first-order valence-electron chi connectivity index (χ1n) is 9.66. The van der Waals surface area contributed by atoms with Gasteiger partial charge in [-0.05, 0) is 49.1 Å². The van der Waals surface area contributed by atoms with Crippen molar-refractivity contribution in [3.63, 3.8) is 0 Å². The van der Waals surface area contributed by atoms with Crippen LogP contribution in [0.1, 0.15) is 40.9 Å². The summed E-state index contributed by atoms with van der Waals surface area (Å²) in [6.45, 7) is 7.11. The van der Waals surface area contributed by atoms with Gasteiger partial charge in [0, 0.05) is 30.9 Å². The largest absolute Gasteiger partial charge is 0.372 e. The number of carbonyl (C=O) groups is 2. The number of carbonyl (C=O) groups excluding carboxylic acids is 2. The second-order valence-corrected chi connectivity index (χ2v) is 6.67. The molecule has 2 amide bonds. The van der Waals surface area contributed by atoms with Crippen molar-refractivity contribution in [3.8, 4) is 0 Å². The van der Waals surface area contributed by atoms with E-state index in [0.717, 1.165) is 29.7 Å². The molecule has 0 aromatic heterocycles. The molecule has 1 aliphatic heterocycles. The number of nitrogens with zero attached hydrogens (tertiary/aromatic N) is 1. The van der Waals surface area contributed by atoms with Crippen LogP contribution in [0.15, 0.2) is 61.2 Å². The second kappa shape index (κ2) is 9.33. The van der Waals surface area contributed by atoms with Crippen molar-refractivity contribution in [3.05, 3.63) is 77.9 Å². The first kappa shape index (κ1) is 19.8. The van der Waals surface area contributed by atoms with Crippen LogP contribution in [0.2, 0.25) is 0 Å².